The fraction of sp³-hybridized carbons (Fsp3) is 0.231. The second-order valence-corrected chi connectivity index (χ2v) is 8.07. The van der Waals surface area contributed by atoms with Crippen LogP contribution >= 0.6 is 0 Å². The van der Waals surface area contributed by atoms with Crippen molar-refractivity contribution in [1.29, 1.82) is 0 Å². The van der Waals surface area contributed by atoms with Crippen molar-refractivity contribution in [2.45, 2.75) is 25.8 Å². The number of carbonyl (C=O) groups is 2. The van der Waals surface area contributed by atoms with Crippen LogP contribution in [0.3, 0.4) is 0 Å². The number of rotatable bonds is 4. The van der Waals surface area contributed by atoms with Crippen LogP contribution in [0.2, 0.25) is 0 Å². The molecular weight excluding hydrogens is 374 g/mol. The molecule has 4 nitrogen and oxygen atoms in total. The Labute approximate surface area is 176 Å². The topological polar surface area (TPSA) is 57.6 Å². The van der Waals surface area contributed by atoms with Crippen LogP contribution in [0.15, 0.2) is 78.9 Å². The van der Waals surface area contributed by atoms with E-state index in [2.05, 4.69) is 0 Å². The molecule has 0 aromatic heterocycles. The van der Waals surface area contributed by atoms with E-state index >= 15 is 0 Å². The highest BCUT2D eigenvalue weighted by Crippen LogP contribution is 2.47. The standard InChI is InChI=1S/C26H25NO3/c1-17-13-18(2)15-21(14-17)25(28)27-16-22(26(29)30)23(19-9-5-3-6-10-19)24(27)20-11-7-4-8-12-20/h3-15,22-24H,16H2,1-2H3,(H,29,30). The molecule has 0 radical (unpaired) electrons. The van der Waals surface area contributed by atoms with E-state index in [4.69, 9.17) is 0 Å². The Morgan fingerprint density at radius 3 is 1.90 bits per heavy atom. The zero-order valence-corrected chi connectivity index (χ0v) is 17.2. The second-order valence-electron chi connectivity index (χ2n) is 8.07. The molecule has 152 valence electrons. The van der Waals surface area contributed by atoms with Gasteiger partial charge in [0.2, 0.25) is 0 Å². The van der Waals surface area contributed by atoms with Crippen molar-refractivity contribution in [1.82, 2.24) is 4.90 Å². The summed E-state index contributed by atoms with van der Waals surface area (Å²) in [6, 6.07) is 24.9. The van der Waals surface area contributed by atoms with Crippen LogP contribution in [0.5, 0.6) is 0 Å². The summed E-state index contributed by atoms with van der Waals surface area (Å²) in [6.07, 6.45) is 0. The molecule has 1 fully saturated rings. The molecule has 4 rings (SSSR count). The van der Waals surface area contributed by atoms with Crippen LogP contribution in [-0.2, 0) is 4.79 Å². The van der Waals surface area contributed by atoms with Crippen molar-refractivity contribution in [3.05, 3.63) is 107 Å². The molecular formula is C26H25NO3. The minimum absolute atomic E-state index is 0.125. The summed E-state index contributed by atoms with van der Waals surface area (Å²) in [5.74, 6) is -1.99. The Morgan fingerprint density at radius 1 is 0.833 bits per heavy atom. The lowest BCUT2D eigenvalue weighted by atomic mass is 9.81. The van der Waals surface area contributed by atoms with Gasteiger partial charge < -0.3 is 10.0 Å². The van der Waals surface area contributed by atoms with E-state index in [0.717, 1.165) is 22.3 Å². The molecule has 1 saturated heterocycles. The number of likely N-dealkylation sites (tertiary alicyclic amines) is 1. The number of nitrogens with zero attached hydrogens (tertiary/aromatic N) is 1. The Kier molecular flexibility index (Phi) is 5.40. The predicted molar refractivity (Wildman–Crippen MR) is 116 cm³/mol. The van der Waals surface area contributed by atoms with Crippen molar-refractivity contribution in [3.63, 3.8) is 0 Å². The molecule has 0 aliphatic carbocycles. The van der Waals surface area contributed by atoms with Gasteiger partial charge in [-0.1, -0.05) is 77.9 Å². The van der Waals surface area contributed by atoms with Crippen LogP contribution in [0.1, 0.15) is 44.6 Å². The number of hydrogen-bond donors (Lipinski definition) is 1. The third-order valence-electron chi connectivity index (χ3n) is 5.88. The maximum atomic E-state index is 13.6. The maximum absolute atomic E-state index is 13.6. The van der Waals surface area contributed by atoms with Crippen molar-refractivity contribution in [2.75, 3.05) is 6.54 Å². The van der Waals surface area contributed by atoms with Crippen molar-refractivity contribution in [2.24, 2.45) is 5.92 Å². The van der Waals surface area contributed by atoms with Crippen LogP contribution in [0.25, 0.3) is 0 Å². The summed E-state index contributed by atoms with van der Waals surface area (Å²) in [5, 5.41) is 10.0. The van der Waals surface area contributed by atoms with Gasteiger partial charge in [0.1, 0.15) is 0 Å². The lowest BCUT2D eigenvalue weighted by molar-refractivity contribution is -0.141. The molecule has 0 saturated carbocycles. The SMILES string of the molecule is Cc1cc(C)cc(C(=O)N2CC(C(=O)O)C(c3ccccc3)C2c2ccccc2)c1. The highest BCUT2D eigenvalue weighted by Gasteiger charge is 2.48. The Morgan fingerprint density at radius 2 is 1.37 bits per heavy atom. The molecule has 0 spiro atoms. The number of carboxylic acids is 1. The minimum atomic E-state index is -0.875. The smallest absolute Gasteiger partial charge is 0.309 e. The Bertz CT molecular complexity index is 1040. The summed E-state index contributed by atoms with van der Waals surface area (Å²) in [6.45, 7) is 4.12. The van der Waals surface area contributed by atoms with E-state index in [1.807, 2.05) is 92.7 Å². The number of carbonyl (C=O) groups excluding carboxylic acids is 1. The van der Waals surface area contributed by atoms with Gasteiger partial charge >= 0.3 is 5.97 Å². The quantitative estimate of drug-likeness (QED) is 0.673. The van der Waals surface area contributed by atoms with E-state index in [-0.39, 0.29) is 24.4 Å². The van der Waals surface area contributed by atoms with Gasteiger partial charge in [-0.25, -0.2) is 0 Å². The van der Waals surface area contributed by atoms with Gasteiger partial charge in [-0.05, 0) is 37.1 Å². The highest BCUT2D eigenvalue weighted by atomic mass is 16.4. The summed E-state index contributed by atoms with van der Waals surface area (Å²) in [4.78, 5) is 27.6. The van der Waals surface area contributed by atoms with Crippen LogP contribution in [0.4, 0.5) is 0 Å². The molecule has 1 aliphatic heterocycles. The van der Waals surface area contributed by atoms with Gasteiger partial charge in [-0.2, -0.15) is 0 Å². The molecule has 1 heterocycles. The van der Waals surface area contributed by atoms with Crippen molar-refractivity contribution in [3.8, 4) is 0 Å². The summed E-state index contributed by atoms with van der Waals surface area (Å²) < 4.78 is 0. The van der Waals surface area contributed by atoms with E-state index in [1.165, 1.54) is 0 Å². The van der Waals surface area contributed by atoms with Gasteiger partial charge in [-0.3, -0.25) is 9.59 Å². The average Bonchev–Trinajstić information content (AvgIpc) is 3.14. The van der Waals surface area contributed by atoms with E-state index in [1.54, 1.807) is 4.90 Å². The summed E-state index contributed by atoms with van der Waals surface area (Å²) >= 11 is 0. The zero-order chi connectivity index (χ0) is 21.3. The molecule has 4 heteroatoms. The number of carboxylic acid groups (broad SMARTS) is 1. The van der Waals surface area contributed by atoms with E-state index in [0.29, 0.717) is 5.56 Å². The Balaban J connectivity index is 1.84. The van der Waals surface area contributed by atoms with Crippen molar-refractivity contribution >= 4 is 11.9 Å². The van der Waals surface area contributed by atoms with E-state index in [9.17, 15) is 14.7 Å². The van der Waals surface area contributed by atoms with Gasteiger partial charge in [0.05, 0.1) is 12.0 Å². The molecule has 1 N–H and O–H groups in total. The van der Waals surface area contributed by atoms with Gasteiger partial charge in [0.25, 0.3) is 5.91 Å². The van der Waals surface area contributed by atoms with E-state index < -0.39 is 11.9 Å². The predicted octanol–water partition coefficient (Wildman–Crippen LogP) is 4.99. The van der Waals surface area contributed by atoms with Crippen LogP contribution in [-0.4, -0.2) is 28.4 Å². The fourth-order valence-corrected chi connectivity index (χ4v) is 4.69. The number of hydrogen-bond acceptors (Lipinski definition) is 2. The monoisotopic (exact) mass is 399 g/mol. The van der Waals surface area contributed by atoms with Crippen LogP contribution in [0, 0.1) is 19.8 Å². The second kappa shape index (κ2) is 8.15. The minimum Gasteiger partial charge on any atom is -0.481 e. The number of aliphatic carboxylic acids is 1. The largest absolute Gasteiger partial charge is 0.481 e. The molecule has 0 bridgehead atoms. The number of amides is 1. The summed E-state index contributed by atoms with van der Waals surface area (Å²) in [7, 11) is 0. The molecule has 3 aromatic carbocycles. The highest BCUT2D eigenvalue weighted by molar-refractivity contribution is 5.96. The first-order valence-electron chi connectivity index (χ1n) is 10.2. The first-order chi connectivity index (χ1) is 14.5. The molecule has 1 amide bonds. The van der Waals surface area contributed by atoms with Gasteiger partial charge in [-0.15, -0.1) is 0 Å². The Hall–Kier alpha value is -3.40. The summed E-state index contributed by atoms with van der Waals surface area (Å²) in [5.41, 5.74) is 4.53. The van der Waals surface area contributed by atoms with Crippen molar-refractivity contribution < 1.29 is 14.7 Å². The fourth-order valence-electron chi connectivity index (χ4n) is 4.69. The zero-order valence-electron chi connectivity index (χ0n) is 17.2. The lowest BCUT2D eigenvalue weighted by Crippen LogP contribution is -2.32. The number of benzene rings is 3. The number of aryl methyl sites for hydroxylation is 2. The third kappa shape index (κ3) is 3.73. The van der Waals surface area contributed by atoms with Gasteiger partial charge in [0.15, 0.2) is 0 Å². The van der Waals surface area contributed by atoms with Crippen LogP contribution < -0.4 is 0 Å². The lowest BCUT2D eigenvalue weighted by Gasteiger charge is -2.29. The first-order valence-corrected chi connectivity index (χ1v) is 10.2. The molecule has 3 aromatic rings. The molecule has 3 unspecified atom stereocenters. The van der Waals surface area contributed by atoms with Gasteiger partial charge in [0, 0.05) is 18.0 Å². The molecule has 30 heavy (non-hydrogen) atoms. The normalized spacial score (nSPS) is 20.9. The maximum Gasteiger partial charge on any atom is 0.309 e. The molecule has 1 aliphatic rings. The molecule has 3 atom stereocenters. The average molecular weight is 399 g/mol. The first kappa shape index (κ1) is 19.9. The third-order valence-corrected chi connectivity index (χ3v) is 5.88.